The molecule has 0 unspecified atom stereocenters. The minimum absolute atomic E-state index is 0. The fourth-order valence-electron chi connectivity index (χ4n) is 0.788. The summed E-state index contributed by atoms with van der Waals surface area (Å²) in [4.78, 5) is 9.99. The molecule has 0 spiro atoms. The van der Waals surface area contributed by atoms with Gasteiger partial charge in [0.1, 0.15) is 0 Å². The van der Waals surface area contributed by atoms with Crippen LogP contribution in [0.3, 0.4) is 0 Å². The summed E-state index contributed by atoms with van der Waals surface area (Å²) in [5, 5.41) is 8.62. The van der Waals surface area contributed by atoms with Crippen molar-refractivity contribution in [3.63, 3.8) is 0 Å². The molecule has 7 nitrogen and oxygen atoms in total. The van der Waals surface area contributed by atoms with E-state index in [4.69, 9.17) is 16.7 Å². The third-order valence-electron chi connectivity index (χ3n) is 1.35. The predicted molar refractivity (Wildman–Crippen MR) is 57.0 cm³/mol. The molecule has 0 bridgehead atoms. The van der Waals surface area contributed by atoms with Crippen LogP contribution >= 0.6 is 11.6 Å². The van der Waals surface area contributed by atoms with E-state index in [0.717, 1.165) is 0 Å². The summed E-state index contributed by atoms with van der Waals surface area (Å²) in [7, 11) is -3.98. The Morgan fingerprint density at radius 2 is 1.62 bits per heavy atom. The second kappa shape index (κ2) is 6.28. The van der Waals surface area contributed by atoms with E-state index in [1.807, 2.05) is 0 Å². The van der Waals surface area contributed by atoms with E-state index in [1.54, 1.807) is 0 Å². The quantitative estimate of drug-likeness (QED) is 0.756. The molecule has 92 valence electrons. The maximum Gasteiger partial charge on any atom is 0.418 e. The molecule has 16 heavy (non-hydrogen) atoms. The Hall–Kier alpha value is -1.35. The third kappa shape index (κ3) is 4.45. The van der Waals surface area contributed by atoms with Gasteiger partial charge in [-0.2, -0.15) is 0 Å². The molecule has 0 aliphatic heterocycles. The highest BCUT2D eigenvalue weighted by atomic mass is 35.5. The molecule has 0 atom stereocenters. The average Bonchev–Trinajstić information content (AvgIpc) is 2.02. The molecule has 0 aromatic heterocycles. The Bertz CT molecular complexity index is 442. The third-order valence-corrected chi connectivity index (χ3v) is 2.93. The topological polar surface area (TPSA) is 146 Å². The normalized spacial score (nSPS) is 9.56. The Labute approximate surface area is 96.3 Å². The SMILES string of the molecule is O.O.O=C(O)NS(=O)(=O)c1ccc(Cl)cc1. The summed E-state index contributed by atoms with van der Waals surface area (Å²) in [5.41, 5.74) is 0. The van der Waals surface area contributed by atoms with Gasteiger partial charge in [0.2, 0.25) is 0 Å². The summed E-state index contributed by atoms with van der Waals surface area (Å²) in [5.74, 6) is 0. The number of rotatable bonds is 2. The minimum Gasteiger partial charge on any atom is -0.464 e. The number of benzene rings is 1. The molecule has 0 saturated heterocycles. The van der Waals surface area contributed by atoms with Crippen LogP contribution in [-0.4, -0.2) is 30.6 Å². The maximum atomic E-state index is 11.2. The van der Waals surface area contributed by atoms with Crippen molar-refractivity contribution in [2.75, 3.05) is 0 Å². The Morgan fingerprint density at radius 1 is 1.19 bits per heavy atom. The largest absolute Gasteiger partial charge is 0.464 e. The highest BCUT2D eigenvalue weighted by Crippen LogP contribution is 2.13. The van der Waals surface area contributed by atoms with Gasteiger partial charge < -0.3 is 16.1 Å². The molecule has 9 heteroatoms. The molecule has 1 aromatic rings. The van der Waals surface area contributed by atoms with Crippen molar-refractivity contribution in [1.29, 1.82) is 0 Å². The van der Waals surface area contributed by atoms with Crippen molar-refractivity contribution in [3.8, 4) is 0 Å². The van der Waals surface area contributed by atoms with Crippen molar-refractivity contribution in [2.24, 2.45) is 0 Å². The molecular formula is C7H10ClNO6S. The van der Waals surface area contributed by atoms with Crippen LogP contribution in [0.4, 0.5) is 4.79 Å². The van der Waals surface area contributed by atoms with E-state index in [2.05, 4.69) is 0 Å². The van der Waals surface area contributed by atoms with E-state index < -0.39 is 16.1 Å². The Kier molecular flexibility index (Phi) is 6.70. The van der Waals surface area contributed by atoms with Crippen LogP contribution in [-0.2, 0) is 10.0 Å². The summed E-state index contributed by atoms with van der Waals surface area (Å²) < 4.78 is 23.8. The van der Waals surface area contributed by atoms with E-state index in [1.165, 1.54) is 29.0 Å². The lowest BCUT2D eigenvalue weighted by molar-refractivity contribution is 0.201. The molecular weight excluding hydrogens is 262 g/mol. The van der Waals surface area contributed by atoms with Crippen molar-refractivity contribution < 1.29 is 29.3 Å². The molecule has 0 saturated carbocycles. The van der Waals surface area contributed by atoms with Gasteiger partial charge in [0.25, 0.3) is 10.0 Å². The Morgan fingerprint density at radius 3 is 2.00 bits per heavy atom. The lowest BCUT2D eigenvalue weighted by atomic mass is 10.4. The number of amides is 1. The maximum absolute atomic E-state index is 11.2. The molecule has 6 N–H and O–H groups in total. The highest BCUT2D eigenvalue weighted by molar-refractivity contribution is 7.90. The van der Waals surface area contributed by atoms with Crippen LogP contribution in [0.5, 0.6) is 0 Å². The fraction of sp³-hybridized carbons (Fsp3) is 0. The fourth-order valence-corrected chi connectivity index (χ4v) is 1.76. The van der Waals surface area contributed by atoms with E-state index in [0.29, 0.717) is 5.02 Å². The standard InChI is InChI=1S/C7H6ClNO4S.2H2O/c8-5-1-3-6(4-2-5)14(12,13)9-7(10)11;;/h1-4,9H,(H,10,11);2*1H2. The summed E-state index contributed by atoms with van der Waals surface area (Å²) in [6.07, 6.45) is -1.63. The summed E-state index contributed by atoms with van der Waals surface area (Å²) in [6, 6.07) is 5.15. The average molecular weight is 272 g/mol. The molecule has 0 fully saturated rings. The van der Waals surface area contributed by atoms with Gasteiger partial charge in [-0.1, -0.05) is 11.6 Å². The van der Waals surface area contributed by atoms with Crippen LogP contribution in [0.25, 0.3) is 0 Å². The summed E-state index contributed by atoms with van der Waals surface area (Å²) >= 11 is 5.54. The van der Waals surface area contributed by atoms with Crippen LogP contribution in [0.2, 0.25) is 5.02 Å². The first kappa shape index (κ1) is 17.1. The number of sulfonamides is 1. The summed E-state index contributed by atoms with van der Waals surface area (Å²) in [6.45, 7) is 0. The monoisotopic (exact) mass is 271 g/mol. The van der Waals surface area contributed by atoms with E-state index in [9.17, 15) is 13.2 Å². The molecule has 0 heterocycles. The van der Waals surface area contributed by atoms with Crippen molar-refractivity contribution >= 4 is 27.7 Å². The smallest absolute Gasteiger partial charge is 0.418 e. The van der Waals surface area contributed by atoms with Gasteiger partial charge in [-0.25, -0.2) is 17.9 Å². The second-order valence-corrected chi connectivity index (χ2v) is 4.48. The number of carbonyl (C=O) groups is 1. The van der Waals surface area contributed by atoms with Crippen molar-refractivity contribution in [2.45, 2.75) is 4.90 Å². The van der Waals surface area contributed by atoms with Gasteiger partial charge in [0.05, 0.1) is 4.90 Å². The number of hydrogen-bond donors (Lipinski definition) is 2. The van der Waals surface area contributed by atoms with E-state index >= 15 is 0 Å². The molecule has 1 aromatic carbocycles. The van der Waals surface area contributed by atoms with Crippen LogP contribution in [0.1, 0.15) is 0 Å². The van der Waals surface area contributed by atoms with Gasteiger partial charge in [0.15, 0.2) is 0 Å². The molecule has 0 aliphatic rings. The van der Waals surface area contributed by atoms with E-state index in [-0.39, 0.29) is 15.8 Å². The van der Waals surface area contributed by atoms with Crippen LogP contribution in [0.15, 0.2) is 29.2 Å². The van der Waals surface area contributed by atoms with Gasteiger partial charge >= 0.3 is 6.09 Å². The van der Waals surface area contributed by atoms with Gasteiger partial charge in [-0.3, -0.25) is 0 Å². The van der Waals surface area contributed by atoms with Gasteiger partial charge in [-0.05, 0) is 24.3 Å². The molecule has 0 radical (unpaired) electrons. The lowest BCUT2D eigenvalue weighted by Crippen LogP contribution is -2.28. The highest BCUT2D eigenvalue weighted by Gasteiger charge is 2.15. The first-order valence-electron chi connectivity index (χ1n) is 3.43. The lowest BCUT2D eigenvalue weighted by Gasteiger charge is -2.02. The molecule has 1 rings (SSSR count). The van der Waals surface area contributed by atoms with Gasteiger partial charge in [0, 0.05) is 5.02 Å². The second-order valence-electron chi connectivity index (χ2n) is 2.36. The first-order valence-corrected chi connectivity index (χ1v) is 5.29. The van der Waals surface area contributed by atoms with Crippen molar-refractivity contribution in [1.82, 2.24) is 4.72 Å². The molecule has 0 aliphatic carbocycles. The number of halogens is 1. The predicted octanol–water partition coefficient (Wildman–Crippen LogP) is -0.353. The van der Waals surface area contributed by atoms with Gasteiger partial charge in [-0.15, -0.1) is 0 Å². The number of nitrogens with one attached hydrogen (secondary N) is 1. The number of hydrogen-bond acceptors (Lipinski definition) is 3. The first-order chi connectivity index (χ1) is 6.42. The van der Waals surface area contributed by atoms with Crippen molar-refractivity contribution in [3.05, 3.63) is 29.3 Å². The zero-order chi connectivity index (χ0) is 10.8. The number of carboxylic acid groups (broad SMARTS) is 1. The minimum atomic E-state index is -3.98. The zero-order valence-corrected chi connectivity index (χ0v) is 9.34. The molecule has 1 amide bonds. The Balaban J connectivity index is 0. The van der Waals surface area contributed by atoms with Crippen LogP contribution < -0.4 is 4.72 Å². The van der Waals surface area contributed by atoms with Crippen LogP contribution in [0, 0.1) is 0 Å². The zero-order valence-electron chi connectivity index (χ0n) is 7.77.